The van der Waals surface area contributed by atoms with Crippen molar-refractivity contribution in [3.63, 3.8) is 0 Å². The van der Waals surface area contributed by atoms with E-state index >= 15 is 0 Å². The standard InChI is InChI=1S/C12H15ClF3N3O/c1-2-7(6-11(17)19-20)18-8-3-4-10(13)9(5-8)12(14,15)16/h3-5,7,18,20H,2,6H2,1H3,(H2,17,19). The molecule has 0 radical (unpaired) electrons. The van der Waals surface area contributed by atoms with Gasteiger partial charge >= 0.3 is 6.18 Å². The van der Waals surface area contributed by atoms with Gasteiger partial charge in [0, 0.05) is 18.2 Å². The van der Waals surface area contributed by atoms with Crippen molar-refractivity contribution in [3.8, 4) is 0 Å². The highest BCUT2D eigenvalue weighted by molar-refractivity contribution is 6.31. The summed E-state index contributed by atoms with van der Waals surface area (Å²) in [5, 5.41) is 13.9. The number of halogens is 4. The lowest BCUT2D eigenvalue weighted by atomic mass is 10.1. The number of nitrogens with one attached hydrogen (secondary N) is 1. The zero-order chi connectivity index (χ0) is 15.3. The van der Waals surface area contributed by atoms with Crippen LogP contribution < -0.4 is 11.1 Å². The molecule has 4 N–H and O–H groups in total. The van der Waals surface area contributed by atoms with Gasteiger partial charge in [0.05, 0.1) is 10.6 Å². The van der Waals surface area contributed by atoms with Gasteiger partial charge in [0.25, 0.3) is 0 Å². The smallest absolute Gasteiger partial charge is 0.409 e. The molecule has 0 aliphatic carbocycles. The molecule has 1 unspecified atom stereocenters. The van der Waals surface area contributed by atoms with Crippen LogP contribution in [0.2, 0.25) is 5.02 Å². The van der Waals surface area contributed by atoms with Crippen LogP contribution in [0.3, 0.4) is 0 Å². The van der Waals surface area contributed by atoms with Gasteiger partial charge in [-0.15, -0.1) is 0 Å². The zero-order valence-electron chi connectivity index (χ0n) is 10.7. The van der Waals surface area contributed by atoms with E-state index in [1.807, 2.05) is 6.92 Å². The Balaban J connectivity index is 2.92. The fraction of sp³-hybridized carbons (Fsp3) is 0.417. The maximum atomic E-state index is 12.7. The summed E-state index contributed by atoms with van der Waals surface area (Å²) in [7, 11) is 0. The van der Waals surface area contributed by atoms with Crippen LogP contribution in [0.15, 0.2) is 23.4 Å². The van der Waals surface area contributed by atoms with Crippen molar-refractivity contribution in [2.75, 3.05) is 5.32 Å². The highest BCUT2D eigenvalue weighted by atomic mass is 35.5. The second-order valence-corrected chi connectivity index (χ2v) is 4.64. The lowest BCUT2D eigenvalue weighted by Crippen LogP contribution is -2.26. The molecule has 1 aromatic carbocycles. The monoisotopic (exact) mass is 309 g/mol. The number of alkyl halides is 3. The Labute approximate surface area is 119 Å². The second kappa shape index (κ2) is 6.69. The number of anilines is 1. The van der Waals surface area contributed by atoms with Crippen LogP contribution >= 0.6 is 11.6 Å². The van der Waals surface area contributed by atoms with E-state index in [4.69, 9.17) is 22.5 Å². The van der Waals surface area contributed by atoms with Gasteiger partial charge in [-0.3, -0.25) is 0 Å². The normalized spacial score (nSPS) is 14.2. The summed E-state index contributed by atoms with van der Waals surface area (Å²) in [5.41, 5.74) is 4.76. The number of hydrogen-bond donors (Lipinski definition) is 3. The summed E-state index contributed by atoms with van der Waals surface area (Å²) >= 11 is 5.54. The van der Waals surface area contributed by atoms with Crippen LogP contribution in [0.5, 0.6) is 0 Å². The van der Waals surface area contributed by atoms with E-state index in [1.54, 1.807) is 0 Å². The van der Waals surface area contributed by atoms with E-state index < -0.39 is 11.7 Å². The molecule has 0 aliphatic rings. The Kier molecular flexibility index (Phi) is 5.50. The topological polar surface area (TPSA) is 70.6 Å². The lowest BCUT2D eigenvalue weighted by Gasteiger charge is -2.19. The number of rotatable bonds is 5. The molecular formula is C12H15ClF3N3O. The van der Waals surface area contributed by atoms with E-state index in [0.29, 0.717) is 6.42 Å². The maximum absolute atomic E-state index is 12.7. The van der Waals surface area contributed by atoms with E-state index in [1.165, 1.54) is 12.1 Å². The van der Waals surface area contributed by atoms with Gasteiger partial charge < -0.3 is 16.3 Å². The molecule has 4 nitrogen and oxygen atoms in total. The van der Waals surface area contributed by atoms with Crippen molar-refractivity contribution in [3.05, 3.63) is 28.8 Å². The first-order chi connectivity index (χ1) is 9.27. The van der Waals surface area contributed by atoms with Gasteiger partial charge in [0.1, 0.15) is 5.84 Å². The minimum atomic E-state index is -4.51. The Hall–Kier alpha value is -1.63. The molecule has 0 saturated carbocycles. The van der Waals surface area contributed by atoms with Gasteiger partial charge in [0.15, 0.2) is 0 Å². The Bertz CT molecular complexity index is 491. The highest BCUT2D eigenvalue weighted by Crippen LogP contribution is 2.36. The van der Waals surface area contributed by atoms with Crippen molar-refractivity contribution in [2.24, 2.45) is 10.9 Å². The SMILES string of the molecule is CCC(CC(N)=NO)Nc1ccc(Cl)c(C(F)(F)F)c1. The Morgan fingerprint density at radius 1 is 1.50 bits per heavy atom. The second-order valence-electron chi connectivity index (χ2n) is 4.24. The van der Waals surface area contributed by atoms with Crippen molar-refractivity contribution < 1.29 is 18.4 Å². The van der Waals surface area contributed by atoms with Crippen LogP contribution in [-0.4, -0.2) is 17.1 Å². The number of nitrogens with two attached hydrogens (primary N) is 1. The van der Waals surface area contributed by atoms with E-state index in [-0.39, 0.29) is 29.0 Å². The fourth-order valence-electron chi connectivity index (χ4n) is 1.66. The van der Waals surface area contributed by atoms with Crippen molar-refractivity contribution in [1.82, 2.24) is 0 Å². The van der Waals surface area contributed by atoms with Crippen LogP contribution in [-0.2, 0) is 6.18 Å². The summed E-state index contributed by atoms with van der Waals surface area (Å²) in [5.74, 6) is 0.00867. The molecule has 1 rings (SSSR count). The lowest BCUT2D eigenvalue weighted by molar-refractivity contribution is -0.137. The first-order valence-corrected chi connectivity index (χ1v) is 6.25. The molecule has 1 aromatic rings. The summed E-state index contributed by atoms with van der Waals surface area (Å²) < 4.78 is 38.2. The molecule has 0 bridgehead atoms. The molecule has 0 aliphatic heterocycles. The minimum absolute atomic E-state index is 0.00867. The Morgan fingerprint density at radius 2 is 2.15 bits per heavy atom. The molecule has 0 heterocycles. The molecule has 0 aromatic heterocycles. The Morgan fingerprint density at radius 3 is 2.65 bits per heavy atom. The maximum Gasteiger partial charge on any atom is 0.417 e. The molecular weight excluding hydrogens is 295 g/mol. The third-order valence-corrected chi connectivity index (χ3v) is 3.05. The average molecular weight is 310 g/mol. The van der Waals surface area contributed by atoms with E-state index in [2.05, 4.69) is 10.5 Å². The number of nitrogens with zero attached hydrogens (tertiary/aromatic N) is 1. The van der Waals surface area contributed by atoms with Gasteiger partial charge in [-0.1, -0.05) is 23.7 Å². The van der Waals surface area contributed by atoms with Gasteiger partial charge in [-0.2, -0.15) is 13.2 Å². The van der Waals surface area contributed by atoms with Crippen molar-refractivity contribution >= 4 is 23.1 Å². The third kappa shape index (κ3) is 4.48. The fourth-order valence-corrected chi connectivity index (χ4v) is 1.88. The molecule has 8 heteroatoms. The zero-order valence-corrected chi connectivity index (χ0v) is 11.5. The molecule has 0 fully saturated rings. The average Bonchev–Trinajstić information content (AvgIpc) is 2.38. The molecule has 0 spiro atoms. The van der Waals surface area contributed by atoms with Crippen molar-refractivity contribution in [1.29, 1.82) is 0 Å². The van der Waals surface area contributed by atoms with E-state index in [0.717, 1.165) is 6.07 Å². The number of benzene rings is 1. The van der Waals surface area contributed by atoms with Gasteiger partial charge in [-0.05, 0) is 24.6 Å². The quantitative estimate of drug-likeness (QED) is 0.336. The summed E-state index contributed by atoms with van der Waals surface area (Å²) in [6.07, 6.45) is -3.70. The molecule has 0 saturated heterocycles. The van der Waals surface area contributed by atoms with Crippen LogP contribution in [0.25, 0.3) is 0 Å². The van der Waals surface area contributed by atoms with Crippen LogP contribution in [0.4, 0.5) is 18.9 Å². The predicted molar refractivity (Wildman–Crippen MR) is 72.2 cm³/mol. The number of amidine groups is 1. The first-order valence-electron chi connectivity index (χ1n) is 5.87. The number of hydrogen-bond acceptors (Lipinski definition) is 3. The predicted octanol–water partition coefficient (Wildman–Crippen LogP) is 3.69. The minimum Gasteiger partial charge on any atom is -0.409 e. The van der Waals surface area contributed by atoms with Crippen LogP contribution in [0, 0.1) is 0 Å². The summed E-state index contributed by atoms with van der Waals surface area (Å²) in [4.78, 5) is 0. The van der Waals surface area contributed by atoms with Crippen molar-refractivity contribution in [2.45, 2.75) is 32.0 Å². The van der Waals surface area contributed by atoms with Crippen LogP contribution in [0.1, 0.15) is 25.3 Å². The largest absolute Gasteiger partial charge is 0.417 e. The van der Waals surface area contributed by atoms with Gasteiger partial charge in [-0.25, -0.2) is 0 Å². The van der Waals surface area contributed by atoms with Gasteiger partial charge in [0.2, 0.25) is 0 Å². The van der Waals surface area contributed by atoms with E-state index in [9.17, 15) is 13.2 Å². The molecule has 0 amide bonds. The summed E-state index contributed by atoms with van der Waals surface area (Å²) in [6, 6.07) is 3.33. The highest BCUT2D eigenvalue weighted by Gasteiger charge is 2.33. The molecule has 112 valence electrons. The molecule has 1 atom stereocenters. The molecule has 20 heavy (non-hydrogen) atoms. The first kappa shape index (κ1) is 16.4. The summed E-state index contributed by atoms with van der Waals surface area (Å²) in [6.45, 7) is 1.84. The third-order valence-electron chi connectivity index (χ3n) is 2.72. The number of oxime groups is 1.